The zero-order valence-corrected chi connectivity index (χ0v) is 13.8. The number of methoxy groups -OCH3 is 1. The number of carbonyl (C=O) groups excluding carboxylic acids is 1. The summed E-state index contributed by atoms with van der Waals surface area (Å²) in [7, 11) is 1.63. The van der Waals surface area contributed by atoms with Gasteiger partial charge in [0, 0.05) is 19.0 Å². The Hall–Kier alpha value is -1.91. The van der Waals surface area contributed by atoms with E-state index in [1.54, 1.807) is 12.0 Å². The largest absolute Gasteiger partial charge is 0.493 e. The number of likely N-dealkylation sites (tertiary alicyclic amines) is 1. The lowest BCUT2D eigenvalue weighted by Gasteiger charge is -2.24. The highest BCUT2D eigenvalue weighted by molar-refractivity contribution is 5.68. The van der Waals surface area contributed by atoms with E-state index in [1.165, 1.54) is 0 Å². The van der Waals surface area contributed by atoms with Gasteiger partial charge in [0.15, 0.2) is 11.5 Å². The lowest BCUT2D eigenvalue weighted by Crippen LogP contribution is -2.35. The summed E-state index contributed by atoms with van der Waals surface area (Å²) in [6, 6.07) is 7.58. The van der Waals surface area contributed by atoms with Crippen LogP contribution in [-0.4, -0.2) is 43.4 Å². The molecule has 122 valence electrons. The van der Waals surface area contributed by atoms with Gasteiger partial charge in [-0.25, -0.2) is 4.79 Å². The molecule has 0 bridgehead atoms. The van der Waals surface area contributed by atoms with Gasteiger partial charge in [-0.15, -0.1) is 0 Å². The van der Waals surface area contributed by atoms with Gasteiger partial charge in [0.2, 0.25) is 0 Å². The van der Waals surface area contributed by atoms with Crippen molar-refractivity contribution in [3.05, 3.63) is 24.3 Å². The summed E-state index contributed by atoms with van der Waals surface area (Å²) in [5.74, 6) is 1.78. The van der Waals surface area contributed by atoms with E-state index in [1.807, 2.05) is 45.0 Å². The van der Waals surface area contributed by atoms with E-state index in [0.29, 0.717) is 19.1 Å². The summed E-state index contributed by atoms with van der Waals surface area (Å²) in [5.41, 5.74) is -0.455. The van der Waals surface area contributed by atoms with Crippen molar-refractivity contribution in [3.8, 4) is 11.5 Å². The van der Waals surface area contributed by atoms with Gasteiger partial charge in [0.05, 0.1) is 13.7 Å². The molecule has 0 spiro atoms. The third-order valence-corrected chi connectivity index (χ3v) is 3.48. The number of rotatable bonds is 4. The van der Waals surface area contributed by atoms with Gasteiger partial charge in [-0.1, -0.05) is 12.1 Å². The second-order valence-corrected chi connectivity index (χ2v) is 6.54. The molecule has 0 radical (unpaired) electrons. The highest BCUT2D eigenvalue weighted by Gasteiger charge is 2.30. The minimum atomic E-state index is -0.455. The van der Waals surface area contributed by atoms with Gasteiger partial charge < -0.3 is 19.1 Å². The van der Waals surface area contributed by atoms with Crippen LogP contribution in [0.4, 0.5) is 4.79 Å². The van der Waals surface area contributed by atoms with Gasteiger partial charge in [-0.2, -0.15) is 0 Å². The molecule has 1 heterocycles. The number of hydrogen-bond donors (Lipinski definition) is 0. The molecule has 1 fully saturated rings. The minimum Gasteiger partial charge on any atom is -0.493 e. The normalized spacial score (nSPS) is 18.2. The van der Waals surface area contributed by atoms with E-state index in [4.69, 9.17) is 14.2 Å². The molecule has 1 atom stereocenters. The van der Waals surface area contributed by atoms with Crippen LogP contribution in [0.25, 0.3) is 0 Å². The second kappa shape index (κ2) is 6.90. The molecule has 1 aromatic carbocycles. The number of ether oxygens (including phenoxy) is 3. The van der Waals surface area contributed by atoms with E-state index >= 15 is 0 Å². The number of amides is 1. The van der Waals surface area contributed by atoms with Crippen molar-refractivity contribution in [1.82, 2.24) is 4.90 Å². The van der Waals surface area contributed by atoms with Crippen LogP contribution in [0.15, 0.2) is 24.3 Å². The smallest absolute Gasteiger partial charge is 0.410 e. The average molecular weight is 307 g/mol. The topological polar surface area (TPSA) is 48.0 Å². The van der Waals surface area contributed by atoms with E-state index in [-0.39, 0.29) is 6.09 Å². The van der Waals surface area contributed by atoms with Gasteiger partial charge >= 0.3 is 6.09 Å². The van der Waals surface area contributed by atoms with Crippen molar-refractivity contribution in [2.45, 2.75) is 32.8 Å². The molecule has 0 unspecified atom stereocenters. The SMILES string of the molecule is COc1ccccc1OC[C@H]1CCN(C(=O)OC(C)(C)C)C1. The molecule has 0 N–H and O–H groups in total. The van der Waals surface area contributed by atoms with Crippen LogP contribution in [0.3, 0.4) is 0 Å². The number of nitrogens with zero attached hydrogens (tertiary/aromatic N) is 1. The lowest BCUT2D eigenvalue weighted by molar-refractivity contribution is 0.0284. The first-order valence-corrected chi connectivity index (χ1v) is 7.63. The molecule has 5 heteroatoms. The molecule has 2 rings (SSSR count). The molecule has 1 saturated heterocycles. The van der Waals surface area contributed by atoms with Crippen molar-refractivity contribution in [2.24, 2.45) is 5.92 Å². The van der Waals surface area contributed by atoms with Gasteiger partial charge in [-0.05, 0) is 39.3 Å². The zero-order valence-electron chi connectivity index (χ0n) is 13.8. The van der Waals surface area contributed by atoms with Gasteiger partial charge in [0.1, 0.15) is 5.60 Å². The molecule has 1 amide bonds. The summed E-state index contributed by atoms with van der Waals surface area (Å²) in [4.78, 5) is 13.8. The highest BCUT2D eigenvalue weighted by Crippen LogP contribution is 2.27. The maximum atomic E-state index is 12.0. The fraction of sp³-hybridized carbons (Fsp3) is 0.588. The Morgan fingerprint density at radius 1 is 1.27 bits per heavy atom. The maximum Gasteiger partial charge on any atom is 0.410 e. The molecular weight excluding hydrogens is 282 g/mol. The zero-order chi connectivity index (χ0) is 16.2. The minimum absolute atomic E-state index is 0.243. The Kier molecular flexibility index (Phi) is 5.16. The summed E-state index contributed by atoms with van der Waals surface area (Å²) in [6.07, 6.45) is 0.682. The molecule has 5 nitrogen and oxygen atoms in total. The molecule has 0 aliphatic carbocycles. The molecule has 1 aliphatic rings. The van der Waals surface area contributed by atoms with Crippen molar-refractivity contribution in [1.29, 1.82) is 0 Å². The summed E-state index contributed by atoms with van der Waals surface area (Å²) < 4.78 is 16.5. The van der Waals surface area contributed by atoms with Crippen molar-refractivity contribution >= 4 is 6.09 Å². The molecule has 1 aliphatic heterocycles. The quantitative estimate of drug-likeness (QED) is 0.856. The van der Waals surface area contributed by atoms with Crippen LogP contribution in [0.5, 0.6) is 11.5 Å². The Balaban J connectivity index is 1.83. The number of carbonyl (C=O) groups is 1. The van der Waals surface area contributed by atoms with E-state index < -0.39 is 5.60 Å². The molecule has 0 saturated carbocycles. The lowest BCUT2D eigenvalue weighted by atomic mass is 10.1. The molecule has 22 heavy (non-hydrogen) atoms. The van der Waals surface area contributed by atoms with Crippen LogP contribution in [-0.2, 0) is 4.74 Å². The van der Waals surface area contributed by atoms with Crippen LogP contribution < -0.4 is 9.47 Å². The summed E-state index contributed by atoms with van der Waals surface area (Å²) >= 11 is 0. The fourth-order valence-corrected chi connectivity index (χ4v) is 2.41. The van der Waals surface area contributed by atoms with Crippen molar-refractivity contribution in [2.75, 3.05) is 26.8 Å². The van der Waals surface area contributed by atoms with Gasteiger partial charge in [-0.3, -0.25) is 0 Å². The summed E-state index contributed by atoms with van der Waals surface area (Å²) in [6.45, 7) is 7.59. The first-order valence-electron chi connectivity index (χ1n) is 7.63. The first-order chi connectivity index (χ1) is 10.4. The Morgan fingerprint density at radius 3 is 2.59 bits per heavy atom. The number of para-hydroxylation sites is 2. The molecular formula is C17H25NO4. The average Bonchev–Trinajstić information content (AvgIpc) is 2.92. The van der Waals surface area contributed by atoms with Gasteiger partial charge in [0.25, 0.3) is 0 Å². The van der Waals surface area contributed by atoms with E-state index in [2.05, 4.69) is 0 Å². The molecule has 0 aromatic heterocycles. The first kappa shape index (κ1) is 16.5. The molecule has 1 aromatic rings. The van der Waals surface area contributed by atoms with Crippen molar-refractivity contribution < 1.29 is 19.0 Å². The number of hydrogen-bond acceptors (Lipinski definition) is 4. The predicted molar refractivity (Wildman–Crippen MR) is 84.4 cm³/mol. The third-order valence-electron chi connectivity index (χ3n) is 3.48. The van der Waals surface area contributed by atoms with Crippen LogP contribution >= 0.6 is 0 Å². The fourth-order valence-electron chi connectivity index (χ4n) is 2.41. The Labute approximate surface area is 132 Å². The Morgan fingerprint density at radius 2 is 1.95 bits per heavy atom. The monoisotopic (exact) mass is 307 g/mol. The second-order valence-electron chi connectivity index (χ2n) is 6.54. The Bertz CT molecular complexity index is 510. The maximum absolute atomic E-state index is 12.0. The number of benzene rings is 1. The highest BCUT2D eigenvalue weighted by atomic mass is 16.6. The van der Waals surface area contributed by atoms with Crippen LogP contribution in [0, 0.1) is 5.92 Å². The van der Waals surface area contributed by atoms with Crippen molar-refractivity contribution in [3.63, 3.8) is 0 Å². The predicted octanol–water partition coefficient (Wildman–Crippen LogP) is 3.33. The van der Waals surface area contributed by atoms with Crippen LogP contribution in [0.1, 0.15) is 27.2 Å². The van der Waals surface area contributed by atoms with Crippen LogP contribution in [0.2, 0.25) is 0 Å². The summed E-state index contributed by atoms with van der Waals surface area (Å²) in [5, 5.41) is 0. The standard InChI is InChI=1S/C17H25NO4/c1-17(2,3)22-16(19)18-10-9-13(11-18)12-21-15-8-6-5-7-14(15)20-4/h5-8,13H,9-12H2,1-4H3/t13-/m0/s1. The van der Waals surface area contributed by atoms with E-state index in [0.717, 1.165) is 24.5 Å². The van der Waals surface area contributed by atoms with E-state index in [9.17, 15) is 4.79 Å². The third kappa shape index (κ3) is 4.55.